The van der Waals surface area contributed by atoms with Gasteiger partial charge in [0.05, 0.1) is 5.92 Å². The van der Waals surface area contributed by atoms with Crippen molar-refractivity contribution in [2.45, 2.75) is 63.9 Å². The molecule has 0 radical (unpaired) electrons. The van der Waals surface area contributed by atoms with E-state index in [1.807, 2.05) is 0 Å². The molecule has 0 amide bonds. The van der Waals surface area contributed by atoms with Gasteiger partial charge in [-0.1, -0.05) is 100.0 Å². The average Bonchev–Trinajstić information content (AvgIpc) is 2.89. The lowest BCUT2D eigenvalue weighted by Gasteiger charge is -2.45. The van der Waals surface area contributed by atoms with Crippen LogP contribution in [0.3, 0.4) is 0 Å². The van der Waals surface area contributed by atoms with Crippen molar-refractivity contribution >= 4 is 16.7 Å². The van der Waals surface area contributed by atoms with E-state index in [9.17, 15) is 4.79 Å². The third-order valence-electron chi connectivity index (χ3n) is 9.09. The molecule has 5 atom stereocenters. The Morgan fingerprint density at radius 3 is 2.42 bits per heavy atom. The van der Waals surface area contributed by atoms with Gasteiger partial charge in [0.25, 0.3) is 0 Å². The summed E-state index contributed by atoms with van der Waals surface area (Å²) in [6.45, 7) is 8.72. The van der Waals surface area contributed by atoms with Gasteiger partial charge in [-0.3, -0.25) is 4.79 Å². The number of likely N-dealkylation sites (tertiary alicyclic amines) is 1. The quantitative estimate of drug-likeness (QED) is 0.359. The topological polar surface area (TPSA) is 29.5 Å². The van der Waals surface area contributed by atoms with E-state index in [1.54, 1.807) is 0 Å². The van der Waals surface area contributed by atoms with Crippen LogP contribution in [0.2, 0.25) is 0 Å². The Labute approximate surface area is 216 Å². The summed E-state index contributed by atoms with van der Waals surface area (Å²) in [6, 6.07) is 26.0. The van der Waals surface area contributed by atoms with Crippen LogP contribution in [0, 0.1) is 17.8 Å². The number of rotatable bonds is 5. The molecule has 3 aromatic carbocycles. The first-order chi connectivity index (χ1) is 17.3. The number of carbonyl (C=O) groups is 1. The molecule has 190 valence electrons. The molecule has 1 aliphatic heterocycles. The Morgan fingerprint density at radius 2 is 1.64 bits per heavy atom. The van der Waals surface area contributed by atoms with Crippen LogP contribution in [0.5, 0.6) is 0 Å². The maximum atomic E-state index is 13.9. The van der Waals surface area contributed by atoms with Gasteiger partial charge < -0.3 is 9.64 Å². The maximum Gasteiger partial charge on any atom is 0.311 e. The van der Waals surface area contributed by atoms with E-state index < -0.39 is 0 Å². The Bertz CT molecular complexity index is 1190. The van der Waals surface area contributed by atoms with Crippen molar-refractivity contribution < 1.29 is 9.53 Å². The minimum atomic E-state index is -0.136. The number of carbonyl (C=O) groups excluding carboxylic acids is 1. The van der Waals surface area contributed by atoms with Gasteiger partial charge in [-0.2, -0.15) is 0 Å². The molecule has 0 bridgehead atoms. The van der Waals surface area contributed by atoms with E-state index in [4.69, 9.17) is 4.74 Å². The third kappa shape index (κ3) is 5.09. The zero-order valence-corrected chi connectivity index (χ0v) is 22.3. The van der Waals surface area contributed by atoms with Crippen LogP contribution in [0.4, 0.5) is 0 Å². The lowest BCUT2D eigenvalue weighted by molar-refractivity contribution is -0.164. The summed E-state index contributed by atoms with van der Waals surface area (Å²) in [5, 5.41) is 2.49. The summed E-state index contributed by atoms with van der Waals surface area (Å²) in [6.07, 6.45) is 4.19. The predicted molar refractivity (Wildman–Crippen MR) is 148 cm³/mol. The van der Waals surface area contributed by atoms with E-state index >= 15 is 0 Å². The van der Waals surface area contributed by atoms with Crippen molar-refractivity contribution in [2.24, 2.45) is 17.8 Å². The Kier molecular flexibility index (Phi) is 7.21. The first kappa shape index (κ1) is 25.0. The monoisotopic (exact) mass is 483 g/mol. The van der Waals surface area contributed by atoms with Gasteiger partial charge >= 0.3 is 5.97 Å². The molecule has 0 unspecified atom stereocenters. The molecule has 3 heteroatoms. The second kappa shape index (κ2) is 10.4. The summed E-state index contributed by atoms with van der Waals surface area (Å²) in [5.41, 5.74) is 2.55. The highest BCUT2D eigenvalue weighted by Crippen LogP contribution is 2.44. The second-order valence-corrected chi connectivity index (χ2v) is 12.0. The van der Waals surface area contributed by atoms with Crippen molar-refractivity contribution in [1.82, 2.24) is 4.90 Å². The minimum Gasteiger partial charge on any atom is -0.462 e. The highest BCUT2D eigenvalue weighted by Gasteiger charge is 2.44. The van der Waals surface area contributed by atoms with Crippen LogP contribution in [-0.4, -0.2) is 37.1 Å². The molecule has 36 heavy (non-hydrogen) atoms. The SMILES string of the molecule is C[C@@H]1CC[C@@H](C(C)(C)c2ccccc2)[C@H](OC(=O)[C@@H]2CN(C)CC[C@@H]2c2ccc3ccccc3c2)C1. The summed E-state index contributed by atoms with van der Waals surface area (Å²) in [5.74, 6) is 0.951. The summed E-state index contributed by atoms with van der Waals surface area (Å²) in [4.78, 5) is 16.2. The highest BCUT2D eigenvalue weighted by atomic mass is 16.5. The molecular weight excluding hydrogens is 442 g/mol. The fraction of sp³-hybridized carbons (Fsp3) is 0.485. The molecule has 0 N–H and O–H groups in total. The molecule has 3 aromatic rings. The first-order valence-electron chi connectivity index (χ1n) is 13.8. The summed E-state index contributed by atoms with van der Waals surface area (Å²) < 4.78 is 6.54. The zero-order valence-electron chi connectivity index (χ0n) is 22.3. The van der Waals surface area contributed by atoms with E-state index in [0.717, 1.165) is 32.4 Å². The van der Waals surface area contributed by atoms with Gasteiger partial charge in [-0.25, -0.2) is 0 Å². The standard InChI is InChI=1S/C33H41NO2/c1-23-14-17-30(33(2,3)27-12-6-5-7-13-27)31(20-23)36-32(35)29-22-34(4)19-18-28(29)26-16-15-24-10-8-9-11-25(24)21-26/h5-13,15-16,21,23,28-31H,14,17-20,22H2,1-4H3/t23-,28-,29-,30-,31-/m1/s1. The number of piperidine rings is 1. The number of hydrogen-bond acceptors (Lipinski definition) is 3. The van der Waals surface area contributed by atoms with E-state index in [0.29, 0.717) is 11.8 Å². The number of nitrogens with zero attached hydrogens (tertiary/aromatic N) is 1. The highest BCUT2D eigenvalue weighted by molar-refractivity contribution is 5.83. The van der Waals surface area contributed by atoms with E-state index in [-0.39, 0.29) is 29.3 Å². The predicted octanol–water partition coefficient (Wildman–Crippen LogP) is 7.20. The largest absolute Gasteiger partial charge is 0.462 e. The molecule has 1 aliphatic carbocycles. The molecule has 5 rings (SSSR count). The Balaban J connectivity index is 1.40. The molecule has 1 saturated heterocycles. The van der Waals surface area contributed by atoms with E-state index in [2.05, 4.69) is 106 Å². The van der Waals surface area contributed by atoms with Gasteiger partial charge in [0, 0.05) is 12.5 Å². The summed E-state index contributed by atoms with van der Waals surface area (Å²) >= 11 is 0. The number of hydrogen-bond donors (Lipinski definition) is 0. The van der Waals surface area contributed by atoms with Crippen LogP contribution in [0.15, 0.2) is 72.8 Å². The van der Waals surface area contributed by atoms with Gasteiger partial charge in [-0.05, 0) is 72.0 Å². The van der Waals surface area contributed by atoms with Crippen molar-refractivity contribution in [3.05, 3.63) is 83.9 Å². The zero-order chi connectivity index (χ0) is 25.3. The van der Waals surface area contributed by atoms with Gasteiger partial charge in [0.1, 0.15) is 6.10 Å². The molecule has 1 saturated carbocycles. The Hall–Kier alpha value is -2.65. The molecular formula is C33H41NO2. The number of fused-ring (bicyclic) bond motifs is 1. The number of benzene rings is 3. The molecule has 2 fully saturated rings. The smallest absolute Gasteiger partial charge is 0.311 e. The third-order valence-corrected chi connectivity index (χ3v) is 9.09. The van der Waals surface area contributed by atoms with Crippen molar-refractivity contribution in [3.8, 4) is 0 Å². The minimum absolute atomic E-state index is 0.00679. The molecule has 1 heterocycles. The second-order valence-electron chi connectivity index (χ2n) is 12.0. The van der Waals surface area contributed by atoms with Gasteiger partial charge in [-0.15, -0.1) is 0 Å². The molecule has 0 spiro atoms. The molecule has 2 aliphatic rings. The van der Waals surface area contributed by atoms with Crippen molar-refractivity contribution in [3.63, 3.8) is 0 Å². The summed E-state index contributed by atoms with van der Waals surface area (Å²) in [7, 11) is 2.13. The van der Waals surface area contributed by atoms with Crippen LogP contribution < -0.4 is 0 Å². The van der Waals surface area contributed by atoms with Crippen LogP contribution in [0.25, 0.3) is 10.8 Å². The fourth-order valence-electron chi connectivity index (χ4n) is 6.79. The van der Waals surface area contributed by atoms with Crippen LogP contribution in [-0.2, 0) is 14.9 Å². The van der Waals surface area contributed by atoms with Crippen molar-refractivity contribution in [2.75, 3.05) is 20.1 Å². The molecule has 3 nitrogen and oxygen atoms in total. The van der Waals surface area contributed by atoms with Crippen LogP contribution >= 0.6 is 0 Å². The molecule has 0 aromatic heterocycles. The fourth-order valence-corrected chi connectivity index (χ4v) is 6.79. The normalized spacial score (nSPS) is 27.6. The van der Waals surface area contributed by atoms with Gasteiger partial charge in [0.2, 0.25) is 0 Å². The van der Waals surface area contributed by atoms with Crippen LogP contribution in [0.1, 0.15) is 63.5 Å². The lowest BCUT2D eigenvalue weighted by atomic mass is 9.64. The lowest BCUT2D eigenvalue weighted by Crippen LogP contribution is -2.47. The van der Waals surface area contributed by atoms with Crippen molar-refractivity contribution in [1.29, 1.82) is 0 Å². The Morgan fingerprint density at radius 1 is 0.917 bits per heavy atom. The van der Waals surface area contributed by atoms with E-state index in [1.165, 1.54) is 28.3 Å². The first-order valence-corrected chi connectivity index (χ1v) is 13.8. The average molecular weight is 484 g/mol. The maximum absolute atomic E-state index is 13.9. The van der Waals surface area contributed by atoms with Gasteiger partial charge in [0.15, 0.2) is 0 Å². The number of ether oxygens (including phenoxy) is 1. The number of esters is 1.